The second-order valence-electron chi connectivity index (χ2n) is 1.86. The fourth-order valence-electron chi connectivity index (χ4n) is 0.576. The quantitative estimate of drug-likeness (QED) is 0.395. The molecule has 0 atom stereocenters. The van der Waals surface area contributed by atoms with E-state index in [2.05, 4.69) is 0 Å². The second kappa shape index (κ2) is 9.91. The van der Waals surface area contributed by atoms with Crippen molar-refractivity contribution in [3.63, 3.8) is 0 Å². The molecule has 68 valence electrons. The Labute approximate surface area is 123 Å². The van der Waals surface area contributed by atoms with Gasteiger partial charge in [0.15, 0.2) is 12.4 Å². The average molecular weight is 503 g/mol. The van der Waals surface area contributed by atoms with Crippen molar-refractivity contribution in [1.29, 1.82) is 5.26 Å². The molecule has 0 aliphatic heterocycles. The Morgan fingerprint density at radius 1 is 1.17 bits per heavy atom. The summed E-state index contributed by atoms with van der Waals surface area (Å²) in [6.07, 6.45) is 3.69. The monoisotopic (exact) mass is 503 g/mol. The van der Waals surface area contributed by atoms with Crippen LogP contribution in [-0.2, 0) is 7.05 Å². The molecule has 0 unspecified atom stereocenters. The normalized spacial score (nSPS) is 6.33. The van der Waals surface area contributed by atoms with Crippen molar-refractivity contribution in [2.75, 3.05) is 0 Å². The smallest absolute Gasteiger partial charge is 0.169 e. The third-order valence-corrected chi connectivity index (χ3v) is 1.11. The maximum Gasteiger partial charge on any atom is 0.169 e. The van der Waals surface area contributed by atoms with Gasteiger partial charge in [0.25, 0.3) is 0 Å². The minimum absolute atomic E-state index is 0. The number of halogens is 3. The summed E-state index contributed by atoms with van der Waals surface area (Å²) in [4.78, 5) is 0. The van der Waals surface area contributed by atoms with E-state index in [0.717, 1.165) is 0 Å². The summed E-state index contributed by atoms with van der Waals surface area (Å²) < 4.78 is 1.89. The van der Waals surface area contributed by atoms with Crippen LogP contribution in [0, 0.1) is 11.3 Å². The molecule has 0 N–H and O–H groups in total. The van der Waals surface area contributed by atoms with Crippen molar-refractivity contribution in [3.05, 3.63) is 30.1 Å². The van der Waals surface area contributed by atoms with Crippen LogP contribution in [0.15, 0.2) is 24.5 Å². The fraction of sp³-hybridized carbons (Fsp3) is 0.143. The molecule has 1 heterocycles. The van der Waals surface area contributed by atoms with Gasteiger partial charge in [0.05, 0.1) is 11.6 Å². The molecule has 0 aliphatic rings. The van der Waals surface area contributed by atoms with Crippen molar-refractivity contribution in [3.8, 4) is 6.07 Å². The predicted octanol–water partition coefficient (Wildman–Crippen LogP) is 2.24. The number of hydrogen-bond acceptors (Lipinski definition) is 1. The van der Waals surface area contributed by atoms with Gasteiger partial charge >= 0.3 is 0 Å². The molecule has 2 nitrogen and oxygen atoms in total. The number of aromatic nitrogens is 1. The third kappa shape index (κ3) is 6.36. The Morgan fingerprint density at radius 3 is 1.92 bits per heavy atom. The highest BCUT2D eigenvalue weighted by molar-refractivity contribution is 14.0. The van der Waals surface area contributed by atoms with Crippen LogP contribution >= 0.6 is 71.9 Å². The number of rotatable bonds is 0. The van der Waals surface area contributed by atoms with Crippen molar-refractivity contribution >= 4 is 71.9 Å². The molecule has 12 heavy (non-hydrogen) atoms. The molecule has 0 bridgehead atoms. The van der Waals surface area contributed by atoms with E-state index >= 15 is 0 Å². The lowest BCUT2D eigenvalue weighted by Gasteiger charge is -1.83. The Morgan fingerprint density at radius 2 is 1.58 bits per heavy atom. The standard InChI is InChI=1S/C7H7N2.3HI/c1-9-4-2-7(6-8)3-5-9;;;/h2-5H,1H3;3*1H/q+1;;;. The SMILES string of the molecule is C[n+]1ccc(C#N)cc1.I.I.I. The van der Waals surface area contributed by atoms with E-state index in [0.29, 0.717) is 5.56 Å². The Bertz CT molecular complexity index is 240. The van der Waals surface area contributed by atoms with Gasteiger partial charge in [0.2, 0.25) is 0 Å². The van der Waals surface area contributed by atoms with Gasteiger partial charge in [0, 0.05) is 12.1 Å². The molecule has 5 heteroatoms. The number of hydrogen-bond donors (Lipinski definition) is 0. The highest BCUT2D eigenvalue weighted by atomic mass is 127. The van der Waals surface area contributed by atoms with E-state index in [1.165, 1.54) is 0 Å². The maximum absolute atomic E-state index is 8.37. The summed E-state index contributed by atoms with van der Waals surface area (Å²) in [5.41, 5.74) is 0.702. The maximum atomic E-state index is 8.37. The van der Waals surface area contributed by atoms with Crippen molar-refractivity contribution in [1.82, 2.24) is 0 Å². The van der Waals surface area contributed by atoms with Gasteiger partial charge in [-0.2, -0.15) is 5.26 Å². The average Bonchev–Trinajstić information content (AvgIpc) is 1.90. The molecule has 0 spiro atoms. The van der Waals surface area contributed by atoms with Gasteiger partial charge < -0.3 is 0 Å². The molecule has 0 amide bonds. The first-order chi connectivity index (χ1) is 4.33. The van der Waals surface area contributed by atoms with Crippen LogP contribution in [0.2, 0.25) is 0 Å². The molecule has 0 aromatic carbocycles. The predicted molar refractivity (Wildman–Crippen MR) is 78.6 cm³/mol. The Kier molecular flexibility index (Phi) is 15.4. The van der Waals surface area contributed by atoms with Crippen molar-refractivity contribution in [2.24, 2.45) is 7.05 Å². The zero-order chi connectivity index (χ0) is 6.69. The molecule has 0 saturated heterocycles. The van der Waals surface area contributed by atoms with E-state index in [4.69, 9.17) is 5.26 Å². The summed E-state index contributed by atoms with van der Waals surface area (Å²) in [7, 11) is 1.92. The Balaban J connectivity index is -0.000000270. The van der Waals surface area contributed by atoms with Crippen LogP contribution in [0.25, 0.3) is 0 Å². The molecular formula is C7H10I3N2+. The van der Waals surface area contributed by atoms with E-state index in [-0.39, 0.29) is 71.9 Å². The third-order valence-electron chi connectivity index (χ3n) is 1.11. The molecule has 0 saturated carbocycles. The van der Waals surface area contributed by atoms with Gasteiger partial charge in [-0.05, 0) is 0 Å². The molecule has 0 radical (unpaired) electrons. The van der Waals surface area contributed by atoms with Gasteiger partial charge in [-0.1, -0.05) is 0 Å². The van der Waals surface area contributed by atoms with Gasteiger partial charge in [-0.3, -0.25) is 0 Å². The van der Waals surface area contributed by atoms with Crippen LogP contribution < -0.4 is 4.57 Å². The zero-order valence-electron chi connectivity index (χ0n) is 6.43. The van der Waals surface area contributed by atoms with E-state index < -0.39 is 0 Å². The number of pyridine rings is 1. The lowest BCUT2D eigenvalue weighted by molar-refractivity contribution is -0.671. The number of aryl methyl sites for hydroxylation is 1. The molecule has 1 aromatic heterocycles. The van der Waals surface area contributed by atoms with Crippen molar-refractivity contribution in [2.45, 2.75) is 0 Å². The van der Waals surface area contributed by atoms with Crippen molar-refractivity contribution < 1.29 is 4.57 Å². The second-order valence-corrected chi connectivity index (χ2v) is 1.86. The van der Waals surface area contributed by atoms with Gasteiger partial charge in [-0.15, -0.1) is 71.9 Å². The molecule has 0 fully saturated rings. The lowest BCUT2D eigenvalue weighted by atomic mass is 10.3. The highest BCUT2D eigenvalue weighted by Crippen LogP contribution is 1.88. The Hall–Kier alpha value is 0.830. The largest absolute Gasteiger partial charge is 0.208 e. The number of nitriles is 1. The molecule has 0 aliphatic carbocycles. The van der Waals surface area contributed by atoms with Crippen LogP contribution in [0.3, 0.4) is 0 Å². The summed E-state index contributed by atoms with van der Waals surface area (Å²) in [5.74, 6) is 0. The van der Waals surface area contributed by atoms with E-state index in [1.54, 1.807) is 12.1 Å². The van der Waals surface area contributed by atoms with E-state index in [9.17, 15) is 0 Å². The van der Waals surface area contributed by atoms with E-state index in [1.807, 2.05) is 30.1 Å². The van der Waals surface area contributed by atoms with Crippen LogP contribution in [0.1, 0.15) is 5.56 Å². The summed E-state index contributed by atoms with van der Waals surface area (Å²) in [6.45, 7) is 0. The van der Waals surface area contributed by atoms with Crippen LogP contribution in [-0.4, -0.2) is 0 Å². The number of nitrogens with zero attached hydrogens (tertiary/aromatic N) is 2. The molecule has 1 rings (SSSR count). The summed E-state index contributed by atoms with van der Waals surface area (Å²) in [5, 5.41) is 8.37. The minimum Gasteiger partial charge on any atom is -0.208 e. The lowest BCUT2D eigenvalue weighted by Crippen LogP contribution is -2.25. The first-order valence-corrected chi connectivity index (χ1v) is 2.68. The zero-order valence-corrected chi connectivity index (χ0v) is 13.4. The van der Waals surface area contributed by atoms with Crippen LogP contribution in [0.5, 0.6) is 0 Å². The molecule has 1 aromatic rings. The molecular weight excluding hydrogens is 493 g/mol. The summed E-state index contributed by atoms with van der Waals surface area (Å²) in [6, 6.07) is 5.60. The fourth-order valence-corrected chi connectivity index (χ4v) is 0.576. The highest BCUT2D eigenvalue weighted by Gasteiger charge is 1.90. The minimum atomic E-state index is 0. The van der Waals surface area contributed by atoms with Gasteiger partial charge in [0.1, 0.15) is 7.05 Å². The summed E-state index contributed by atoms with van der Waals surface area (Å²) >= 11 is 0. The first-order valence-electron chi connectivity index (χ1n) is 2.68. The first kappa shape index (κ1) is 18.6. The van der Waals surface area contributed by atoms with Gasteiger partial charge in [-0.25, -0.2) is 4.57 Å². The topological polar surface area (TPSA) is 27.7 Å². The van der Waals surface area contributed by atoms with Crippen LogP contribution in [0.4, 0.5) is 0 Å².